The number of nitrogens with zero attached hydrogens (tertiary/aromatic N) is 1. The lowest BCUT2D eigenvalue weighted by molar-refractivity contribution is 0.148. The third-order valence-corrected chi connectivity index (χ3v) is 2.71. The fourth-order valence-electron chi connectivity index (χ4n) is 1.52. The Bertz CT molecular complexity index is 377. The molecule has 0 radical (unpaired) electrons. The quantitative estimate of drug-likeness (QED) is 0.711. The van der Waals surface area contributed by atoms with Gasteiger partial charge in [-0.3, -0.25) is 0 Å². The van der Waals surface area contributed by atoms with E-state index in [1.54, 1.807) is 6.07 Å². The second kappa shape index (κ2) is 6.43. The standard InChI is InChI=1S/C13H20N2O2/c1-13(2,10-16)6-3-7-15-9-12-5-4-11(8-14)17-12/h4-5,15-16H,3,6-7,9-10H2,1-2H3. The molecule has 1 aromatic rings. The lowest BCUT2D eigenvalue weighted by atomic mass is 9.89. The van der Waals surface area contributed by atoms with E-state index in [0.29, 0.717) is 12.3 Å². The van der Waals surface area contributed by atoms with Gasteiger partial charge in [-0.15, -0.1) is 0 Å². The van der Waals surface area contributed by atoms with Crippen molar-refractivity contribution < 1.29 is 9.52 Å². The first-order chi connectivity index (χ1) is 8.07. The number of furan rings is 1. The van der Waals surface area contributed by atoms with E-state index in [0.717, 1.165) is 25.1 Å². The Hall–Kier alpha value is -1.31. The molecule has 0 spiro atoms. The van der Waals surface area contributed by atoms with Gasteiger partial charge < -0.3 is 14.8 Å². The first kappa shape index (κ1) is 13.8. The molecule has 0 unspecified atom stereocenters. The van der Waals surface area contributed by atoms with Gasteiger partial charge >= 0.3 is 0 Å². The summed E-state index contributed by atoms with van der Waals surface area (Å²) in [7, 11) is 0. The highest BCUT2D eigenvalue weighted by molar-refractivity contribution is 5.18. The van der Waals surface area contributed by atoms with Crippen molar-refractivity contribution in [2.75, 3.05) is 13.2 Å². The van der Waals surface area contributed by atoms with Crippen LogP contribution in [0.15, 0.2) is 16.5 Å². The van der Waals surface area contributed by atoms with Crippen LogP contribution in [0, 0.1) is 16.7 Å². The third kappa shape index (κ3) is 5.03. The number of nitrogens with one attached hydrogen (secondary N) is 1. The number of nitriles is 1. The molecule has 0 bridgehead atoms. The molecule has 0 saturated heterocycles. The average molecular weight is 236 g/mol. The van der Waals surface area contributed by atoms with Crippen molar-refractivity contribution in [2.24, 2.45) is 5.41 Å². The first-order valence-electron chi connectivity index (χ1n) is 5.88. The molecule has 4 heteroatoms. The van der Waals surface area contributed by atoms with Gasteiger partial charge in [0, 0.05) is 6.61 Å². The van der Waals surface area contributed by atoms with Gasteiger partial charge in [0.2, 0.25) is 5.76 Å². The summed E-state index contributed by atoms with van der Waals surface area (Å²) in [6.07, 6.45) is 2.00. The fourth-order valence-corrected chi connectivity index (χ4v) is 1.52. The Morgan fingerprint density at radius 3 is 2.82 bits per heavy atom. The van der Waals surface area contributed by atoms with Crippen molar-refractivity contribution in [3.63, 3.8) is 0 Å². The Morgan fingerprint density at radius 2 is 2.24 bits per heavy atom. The summed E-state index contributed by atoms with van der Waals surface area (Å²) in [6.45, 7) is 5.85. The SMILES string of the molecule is CC(C)(CO)CCCNCc1ccc(C#N)o1. The summed E-state index contributed by atoms with van der Waals surface area (Å²) in [5, 5.41) is 20.9. The molecular formula is C13H20N2O2. The fraction of sp³-hybridized carbons (Fsp3) is 0.615. The zero-order valence-corrected chi connectivity index (χ0v) is 10.5. The molecule has 4 nitrogen and oxygen atoms in total. The molecule has 0 aliphatic heterocycles. The maximum absolute atomic E-state index is 9.09. The normalized spacial score (nSPS) is 11.4. The second-order valence-electron chi connectivity index (χ2n) is 4.98. The third-order valence-electron chi connectivity index (χ3n) is 2.71. The van der Waals surface area contributed by atoms with Crippen molar-refractivity contribution in [1.29, 1.82) is 5.26 Å². The Labute approximate surface area is 102 Å². The van der Waals surface area contributed by atoms with Gasteiger partial charge in [-0.2, -0.15) is 5.26 Å². The lowest BCUT2D eigenvalue weighted by Gasteiger charge is -2.21. The van der Waals surface area contributed by atoms with E-state index >= 15 is 0 Å². The maximum atomic E-state index is 9.09. The molecule has 0 amide bonds. The Balaban J connectivity index is 2.15. The van der Waals surface area contributed by atoms with E-state index in [4.69, 9.17) is 14.8 Å². The molecule has 0 aromatic carbocycles. The van der Waals surface area contributed by atoms with E-state index in [9.17, 15) is 0 Å². The van der Waals surface area contributed by atoms with Gasteiger partial charge in [0.15, 0.2) is 0 Å². The summed E-state index contributed by atoms with van der Waals surface area (Å²) >= 11 is 0. The van der Waals surface area contributed by atoms with Gasteiger partial charge in [-0.1, -0.05) is 13.8 Å². The molecule has 17 heavy (non-hydrogen) atoms. The van der Waals surface area contributed by atoms with Gasteiger partial charge in [-0.25, -0.2) is 0 Å². The summed E-state index contributed by atoms with van der Waals surface area (Å²) in [4.78, 5) is 0. The van der Waals surface area contributed by atoms with Crippen LogP contribution in [0.1, 0.15) is 38.2 Å². The minimum Gasteiger partial charge on any atom is -0.449 e. The second-order valence-corrected chi connectivity index (χ2v) is 4.98. The predicted molar refractivity (Wildman–Crippen MR) is 65.2 cm³/mol. The van der Waals surface area contributed by atoms with Crippen molar-refractivity contribution in [1.82, 2.24) is 5.32 Å². The van der Waals surface area contributed by atoms with Crippen LogP contribution >= 0.6 is 0 Å². The first-order valence-corrected chi connectivity index (χ1v) is 5.88. The summed E-state index contributed by atoms with van der Waals surface area (Å²) in [5.74, 6) is 1.13. The molecule has 1 heterocycles. The highest BCUT2D eigenvalue weighted by atomic mass is 16.3. The van der Waals surface area contributed by atoms with Crippen LogP contribution in [0.4, 0.5) is 0 Å². The zero-order valence-electron chi connectivity index (χ0n) is 10.5. The van der Waals surface area contributed by atoms with Gasteiger partial charge in [0.05, 0.1) is 6.54 Å². The van der Waals surface area contributed by atoms with Crippen molar-refractivity contribution in [3.8, 4) is 6.07 Å². The van der Waals surface area contributed by atoms with E-state index in [1.165, 1.54) is 0 Å². The van der Waals surface area contributed by atoms with Gasteiger partial charge in [-0.05, 0) is 36.9 Å². The number of rotatable bonds is 7. The smallest absolute Gasteiger partial charge is 0.203 e. The number of aliphatic hydroxyl groups excluding tert-OH is 1. The summed E-state index contributed by atoms with van der Waals surface area (Å²) < 4.78 is 5.24. The molecule has 0 saturated carbocycles. The summed E-state index contributed by atoms with van der Waals surface area (Å²) in [6, 6.07) is 5.44. The molecular weight excluding hydrogens is 216 g/mol. The molecule has 0 atom stereocenters. The van der Waals surface area contributed by atoms with Crippen LogP contribution in [-0.2, 0) is 6.54 Å². The molecule has 94 valence electrons. The Kier molecular flexibility index (Phi) is 5.20. The van der Waals surface area contributed by atoms with Gasteiger partial charge in [0.25, 0.3) is 0 Å². The van der Waals surface area contributed by atoms with Crippen molar-refractivity contribution >= 4 is 0 Å². The van der Waals surface area contributed by atoms with Crippen LogP contribution < -0.4 is 5.32 Å². The molecule has 1 aromatic heterocycles. The number of hydrogen-bond donors (Lipinski definition) is 2. The van der Waals surface area contributed by atoms with E-state index in [2.05, 4.69) is 19.2 Å². The van der Waals surface area contributed by atoms with Crippen LogP contribution in [-0.4, -0.2) is 18.3 Å². The van der Waals surface area contributed by atoms with Crippen molar-refractivity contribution in [3.05, 3.63) is 23.7 Å². The zero-order chi connectivity index (χ0) is 12.7. The van der Waals surface area contributed by atoms with Crippen molar-refractivity contribution in [2.45, 2.75) is 33.2 Å². The van der Waals surface area contributed by atoms with Gasteiger partial charge in [0.1, 0.15) is 11.8 Å². The minimum absolute atomic E-state index is 0.000337. The van der Waals surface area contributed by atoms with E-state index in [-0.39, 0.29) is 12.0 Å². The largest absolute Gasteiger partial charge is 0.449 e. The molecule has 0 aliphatic rings. The monoisotopic (exact) mass is 236 g/mol. The van der Waals surface area contributed by atoms with Crippen LogP contribution in [0.3, 0.4) is 0 Å². The minimum atomic E-state index is 0.000337. The highest BCUT2D eigenvalue weighted by Gasteiger charge is 2.15. The molecule has 0 aliphatic carbocycles. The van der Waals surface area contributed by atoms with Crippen LogP contribution in [0.2, 0.25) is 0 Å². The number of aliphatic hydroxyl groups is 1. The van der Waals surface area contributed by atoms with E-state index in [1.807, 2.05) is 12.1 Å². The average Bonchev–Trinajstić information content (AvgIpc) is 2.76. The summed E-state index contributed by atoms with van der Waals surface area (Å²) in [5.41, 5.74) is 0.000337. The molecule has 0 fully saturated rings. The van der Waals surface area contributed by atoms with Crippen LogP contribution in [0.25, 0.3) is 0 Å². The maximum Gasteiger partial charge on any atom is 0.203 e. The number of hydrogen-bond acceptors (Lipinski definition) is 4. The topological polar surface area (TPSA) is 69.2 Å². The Morgan fingerprint density at radius 1 is 1.47 bits per heavy atom. The van der Waals surface area contributed by atoms with E-state index < -0.39 is 0 Å². The predicted octanol–water partition coefficient (Wildman–Crippen LogP) is 2.04. The highest BCUT2D eigenvalue weighted by Crippen LogP contribution is 2.20. The molecule has 1 rings (SSSR count). The molecule has 2 N–H and O–H groups in total. The van der Waals surface area contributed by atoms with Crippen LogP contribution in [0.5, 0.6) is 0 Å². The lowest BCUT2D eigenvalue weighted by Crippen LogP contribution is -2.20.